The van der Waals surface area contributed by atoms with E-state index < -0.39 is 18.5 Å². The molecule has 0 spiro atoms. The molecular formula is C18H19ClN2O4. The van der Waals surface area contributed by atoms with E-state index >= 15 is 0 Å². The number of aliphatic hydroxyl groups is 1. The summed E-state index contributed by atoms with van der Waals surface area (Å²) in [6, 6.07) is 11.9. The maximum Gasteiger partial charge on any atom is 0.340 e. The number of hydrogen-bond donors (Lipinski definition) is 3. The van der Waals surface area contributed by atoms with E-state index in [2.05, 4.69) is 10.6 Å². The zero-order chi connectivity index (χ0) is 18.2. The molecule has 2 aromatic carbocycles. The smallest absolute Gasteiger partial charge is 0.340 e. The number of ether oxygens (including phenoxy) is 1. The van der Waals surface area contributed by atoms with Crippen LogP contribution in [0.3, 0.4) is 0 Å². The van der Waals surface area contributed by atoms with E-state index in [0.29, 0.717) is 22.9 Å². The fourth-order valence-corrected chi connectivity index (χ4v) is 2.40. The predicted molar refractivity (Wildman–Crippen MR) is 97.1 cm³/mol. The average molecular weight is 363 g/mol. The number of carbonyl (C=O) groups is 2. The second-order valence-corrected chi connectivity index (χ2v) is 5.71. The standard InChI is InChI=1S/C18H19ClN2O4/c1-12-6-7-16(14(19)10-12)21-17(23)11-25-18(24)13-4-2-3-5-15(13)20-8-9-22/h2-7,10,20,22H,8-9,11H2,1H3,(H,21,23). The number of anilines is 2. The van der Waals surface area contributed by atoms with Crippen LogP contribution in [-0.2, 0) is 9.53 Å². The molecule has 0 heterocycles. The third-order valence-corrected chi connectivity index (χ3v) is 3.62. The molecule has 7 heteroatoms. The second-order valence-electron chi connectivity index (χ2n) is 5.30. The molecule has 0 aliphatic rings. The van der Waals surface area contributed by atoms with Crippen LogP contribution in [0.5, 0.6) is 0 Å². The van der Waals surface area contributed by atoms with Gasteiger partial charge in [-0.1, -0.05) is 29.8 Å². The Bertz CT molecular complexity index is 764. The van der Waals surface area contributed by atoms with Crippen LogP contribution in [-0.4, -0.2) is 36.7 Å². The van der Waals surface area contributed by atoms with E-state index in [1.54, 1.807) is 36.4 Å². The Morgan fingerprint density at radius 3 is 2.64 bits per heavy atom. The summed E-state index contributed by atoms with van der Waals surface area (Å²) >= 11 is 6.05. The number of amides is 1. The van der Waals surface area contributed by atoms with E-state index in [9.17, 15) is 9.59 Å². The van der Waals surface area contributed by atoms with E-state index in [-0.39, 0.29) is 12.2 Å². The molecule has 25 heavy (non-hydrogen) atoms. The van der Waals surface area contributed by atoms with E-state index in [0.717, 1.165) is 5.56 Å². The summed E-state index contributed by atoms with van der Waals surface area (Å²) in [5.74, 6) is -1.12. The molecule has 0 fully saturated rings. The third kappa shape index (κ3) is 5.48. The molecule has 0 saturated carbocycles. The Morgan fingerprint density at radius 2 is 1.92 bits per heavy atom. The van der Waals surface area contributed by atoms with Gasteiger partial charge in [-0.25, -0.2) is 4.79 Å². The highest BCUT2D eigenvalue weighted by Gasteiger charge is 2.14. The zero-order valence-corrected chi connectivity index (χ0v) is 14.5. The van der Waals surface area contributed by atoms with Crippen molar-refractivity contribution < 1.29 is 19.4 Å². The molecular weight excluding hydrogens is 344 g/mol. The van der Waals surface area contributed by atoms with Crippen molar-refractivity contribution in [3.8, 4) is 0 Å². The molecule has 0 radical (unpaired) electrons. The number of esters is 1. The van der Waals surface area contributed by atoms with Gasteiger partial charge in [0.25, 0.3) is 5.91 Å². The van der Waals surface area contributed by atoms with Crippen LogP contribution in [0.1, 0.15) is 15.9 Å². The normalized spacial score (nSPS) is 10.2. The molecule has 0 atom stereocenters. The Morgan fingerprint density at radius 1 is 1.16 bits per heavy atom. The van der Waals surface area contributed by atoms with Crippen LogP contribution in [0.15, 0.2) is 42.5 Å². The van der Waals surface area contributed by atoms with Gasteiger partial charge in [-0.05, 0) is 36.8 Å². The fourth-order valence-electron chi connectivity index (χ4n) is 2.12. The molecule has 3 N–H and O–H groups in total. The number of nitrogens with one attached hydrogen (secondary N) is 2. The summed E-state index contributed by atoms with van der Waals surface area (Å²) in [6.07, 6.45) is 0. The van der Waals surface area contributed by atoms with Crippen molar-refractivity contribution in [2.24, 2.45) is 0 Å². The second kappa shape index (κ2) is 9.05. The lowest BCUT2D eigenvalue weighted by Crippen LogP contribution is -2.21. The lowest BCUT2D eigenvalue weighted by Gasteiger charge is -2.11. The van der Waals surface area contributed by atoms with Gasteiger partial charge in [0.15, 0.2) is 6.61 Å². The van der Waals surface area contributed by atoms with Crippen molar-refractivity contribution >= 4 is 34.9 Å². The van der Waals surface area contributed by atoms with E-state index in [1.165, 1.54) is 0 Å². The van der Waals surface area contributed by atoms with Crippen LogP contribution < -0.4 is 10.6 Å². The van der Waals surface area contributed by atoms with E-state index in [1.807, 2.05) is 13.0 Å². The highest BCUT2D eigenvalue weighted by Crippen LogP contribution is 2.22. The van der Waals surface area contributed by atoms with Crippen LogP contribution in [0.2, 0.25) is 5.02 Å². The summed E-state index contributed by atoms with van der Waals surface area (Å²) in [4.78, 5) is 24.1. The van der Waals surface area contributed by atoms with Crippen molar-refractivity contribution in [1.82, 2.24) is 0 Å². The Labute approximate surface area is 150 Å². The first kappa shape index (κ1) is 18.8. The number of para-hydroxylation sites is 1. The maximum absolute atomic E-state index is 12.2. The number of aliphatic hydroxyl groups excluding tert-OH is 1. The lowest BCUT2D eigenvalue weighted by molar-refractivity contribution is -0.119. The molecule has 0 unspecified atom stereocenters. The Kier molecular flexibility index (Phi) is 6.80. The van der Waals surface area contributed by atoms with Crippen LogP contribution >= 0.6 is 11.6 Å². The van der Waals surface area contributed by atoms with Crippen LogP contribution in [0.25, 0.3) is 0 Å². The third-order valence-electron chi connectivity index (χ3n) is 3.31. The summed E-state index contributed by atoms with van der Waals surface area (Å²) in [5.41, 5.74) is 2.25. The van der Waals surface area contributed by atoms with Gasteiger partial charge < -0.3 is 20.5 Å². The van der Waals surface area contributed by atoms with Crippen molar-refractivity contribution in [3.63, 3.8) is 0 Å². The number of carbonyl (C=O) groups excluding carboxylic acids is 2. The van der Waals surface area contributed by atoms with Gasteiger partial charge in [-0.3, -0.25) is 4.79 Å². The lowest BCUT2D eigenvalue weighted by atomic mass is 10.2. The minimum Gasteiger partial charge on any atom is -0.452 e. The highest BCUT2D eigenvalue weighted by atomic mass is 35.5. The van der Waals surface area contributed by atoms with Crippen molar-refractivity contribution in [3.05, 3.63) is 58.6 Å². The molecule has 1 amide bonds. The number of hydrogen-bond acceptors (Lipinski definition) is 5. The molecule has 2 rings (SSSR count). The molecule has 0 aromatic heterocycles. The van der Waals surface area contributed by atoms with Crippen LogP contribution in [0, 0.1) is 6.92 Å². The molecule has 0 saturated heterocycles. The van der Waals surface area contributed by atoms with Crippen molar-refractivity contribution in [1.29, 1.82) is 0 Å². The van der Waals surface area contributed by atoms with Gasteiger partial charge in [0, 0.05) is 12.2 Å². The number of rotatable bonds is 7. The SMILES string of the molecule is Cc1ccc(NC(=O)COC(=O)c2ccccc2NCCO)c(Cl)c1. The summed E-state index contributed by atoms with van der Waals surface area (Å²) in [7, 11) is 0. The summed E-state index contributed by atoms with van der Waals surface area (Å²) in [6.45, 7) is 1.69. The summed E-state index contributed by atoms with van der Waals surface area (Å²) in [5, 5.41) is 14.8. The van der Waals surface area contributed by atoms with Gasteiger partial charge >= 0.3 is 5.97 Å². The topological polar surface area (TPSA) is 87.7 Å². The van der Waals surface area contributed by atoms with Gasteiger partial charge in [0.2, 0.25) is 0 Å². The maximum atomic E-state index is 12.2. The van der Waals surface area contributed by atoms with Gasteiger partial charge in [0.05, 0.1) is 22.9 Å². The zero-order valence-electron chi connectivity index (χ0n) is 13.7. The van der Waals surface area contributed by atoms with Crippen molar-refractivity contribution in [2.45, 2.75) is 6.92 Å². The molecule has 2 aromatic rings. The quantitative estimate of drug-likeness (QED) is 0.659. The van der Waals surface area contributed by atoms with Gasteiger partial charge in [0.1, 0.15) is 0 Å². The highest BCUT2D eigenvalue weighted by molar-refractivity contribution is 6.33. The minimum absolute atomic E-state index is 0.0664. The molecule has 132 valence electrons. The fraction of sp³-hybridized carbons (Fsp3) is 0.222. The average Bonchev–Trinajstić information content (AvgIpc) is 2.60. The molecule has 0 aliphatic carbocycles. The molecule has 6 nitrogen and oxygen atoms in total. The van der Waals surface area contributed by atoms with Crippen LogP contribution in [0.4, 0.5) is 11.4 Å². The van der Waals surface area contributed by atoms with Crippen molar-refractivity contribution in [2.75, 3.05) is 30.4 Å². The first-order valence-electron chi connectivity index (χ1n) is 7.68. The first-order valence-corrected chi connectivity index (χ1v) is 8.06. The Balaban J connectivity index is 1.94. The minimum atomic E-state index is -0.633. The molecule has 0 aliphatic heterocycles. The first-order chi connectivity index (χ1) is 12.0. The Hall–Kier alpha value is -2.57. The largest absolute Gasteiger partial charge is 0.452 e. The predicted octanol–water partition coefficient (Wildman–Crippen LogP) is 2.85. The number of benzene rings is 2. The van der Waals surface area contributed by atoms with Gasteiger partial charge in [-0.2, -0.15) is 0 Å². The monoisotopic (exact) mass is 362 g/mol. The molecule has 0 bridgehead atoms. The summed E-state index contributed by atoms with van der Waals surface area (Å²) < 4.78 is 5.05. The van der Waals surface area contributed by atoms with E-state index in [4.69, 9.17) is 21.4 Å². The number of aryl methyl sites for hydroxylation is 1. The van der Waals surface area contributed by atoms with Gasteiger partial charge in [-0.15, -0.1) is 0 Å². The number of halogens is 1.